The second-order valence-electron chi connectivity index (χ2n) is 4.94. The highest BCUT2D eigenvalue weighted by Gasteiger charge is 2.22. The van der Waals surface area contributed by atoms with Crippen molar-refractivity contribution in [2.45, 2.75) is 37.8 Å². The molecule has 1 N–H and O–H groups in total. The van der Waals surface area contributed by atoms with E-state index >= 15 is 0 Å². The zero-order chi connectivity index (χ0) is 13.7. The van der Waals surface area contributed by atoms with Crippen molar-refractivity contribution in [1.82, 2.24) is 5.32 Å². The van der Waals surface area contributed by atoms with Crippen LogP contribution in [-0.4, -0.2) is 33.4 Å². The van der Waals surface area contributed by atoms with Crippen molar-refractivity contribution in [3.05, 3.63) is 18.2 Å². The molecule has 0 saturated heterocycles. The fourth-order valence-corrected chi connectivity index (χ4v) is 2.56. The van der Waals surface area contributed by atoms with Crippen LogP contribution in [-0.2, 0) is 0 Å². The Morgan fingerprint density at radius 3 is 2.21 bits per heavy atom. The Labute approximate surface area is 115 Å². The fraction of sp³-hybridized carbons (Fsp3) is 0.600. The Morgan fingerprint density at radius 2 is 1.63 bits per heavy atom. The highest BCUT2D eigenvalue weighted by molar-refractivity contribution is 5.42. The third-order valence-corrected chi connectivity index (χ3v) is 3.66. The summed E-state index contributed by atoms with van der Waals surface area (Å²) in [6.45, 7) is 0. The van der Waals surface area contributed by atoms with Crippen LogP contribution in [0.15, 0.2) is 18.2 Å². The van der Waals surface area contributed by atoms with Crippen molar-refractivity contribution in [2.75, 3.05) is 21.3 Å². The summed E-state index contributed by atoms with van der Waals surface area (Å²) < 4.78 is 16.6. The molecule has 1 aromatic carbocycles. The quantitative estimate of drug-likeness (QED) is 0.888. The maximum Gasteiger partial charge on any atom is 0.127 e. The molecule has 0 aromatic heterocycles. The number of methoxy groups -OCH3 is 2. The van der Waals surface area contributed by atoms with E-state index in [1.165, 1.54) is 12.8 Å². The summed E-state index contributed by atoms with van der Waals surface area (Å²) in [4.78, 5) is 0. The maximum absolute atomic E-state index is 6.07. The van der Waals surface area contributed by atoms with Crippen LogP contribution in [0.25, 0.3) is 0 Å². The van der Waals surface area contributed by atoms with Gasteiger partial charge in [0.15, 0.2) is 0 Å². The van der Waals surface area contributed by atoms with E-state index in [9.17, 15) is 0 Å². The van der Waals surface area contributed by atoms with Gasteiger partial charge in [0, 0.05) is 24.2 Å². The minimum absolute atomic E-state index is 0.267. The van der Waals surface area contributed by atoms with Gasteiger partial charge in [-0.2, -0.15) is 0 Å². The Bertz CT molecular complexity index is 386. The Balaban J connectivity index is 2.05. The van der Waals surface area contributed by atoms with Gasteiger partial charge in [0.05, 0.1) is 14.2 Å². The van der Waals surface area contributed by atoms with Gasteiger partial charge >= 0.3 is 0 Å². The normalized spacial score (nSPS) is 22.9. The third kappa shape index (κ3) is 3.77. The van der Waals surface area contributed by atoms with Crippen LogP contribution in [0.3, 0.4) is 0 Å². The molecule has 2 unspecified atom stereocenters. The minimum Gasteiger partial charge on any atom is -0.496 e. The summed E-state index contributed by atoms with van der Waals surface area (Å²) in [6.07, 6.45) is 4.87. The first-order valence-electron chi connectivity index (χ1n) is 6.82. The molecule has 1 aliphatic carbocycles. The molecule has 0 bridgehead atoms. The Hall–Kier alpha value is -1.42. The van der Waals surface area contributed by atoms with Crippen molar-refractivity contribution in [1.29, 1.82) is 0 Å². The number of hydrogen-bond donors (Lipinski definition) is 1. The second-order valence-corrected chi connectivity index (χ2v) is 4.94. The van der Waals surface area contributed by atoms with Gasteiger partial charge < -0.3 is 19.5 Å². The van der Waals surface area contributed by atoms with Crippen molar-refractivity contribution in [3.63, 3.8) is 0 Å². The molecule has 1 aromatic rings. The van der Waals surface area contributed by atoms with Gasteiger partial charge in [0.2, 0.25) is 0 Å². The molecule has 1 fully saturated rings. The van der Waals surface area contributed by atoms with Gasteiger partial charge in [-0.05, 0) is 32.7 Å². The molecule has 0 aliphatic heterocycles. The van der Waals surface area contributed by atoms with Crippen LogP contribution < -0.4 is 19.5 Å². The van der Waals surface area contributed by atoms with E-state index in [0.29, 0.717) is 6.04 Å². The van der Waals surface area contributed by atoms with E-state index in [4.69, 9.17) is 14.2 Å². The molecule has 4 heteroatoms. The molecule has 0 heterocycles. The molecule has 2 atom stereocenters. The lowest BCUT2D eigenvalue weighted by molar-refractivity contribution is 0.136. The molecule has 1 saturated carbocycles. The number of benzene rings is 1. The predicted molar refractivity (Wildman–Crippen MR) is 75.3 cm³/mol. The lowest BCUT2D eigenvalue weighted by atomic mass is 9.93. The van der Waals surface area contributed by atoms with Crippen LogP contribution in [0, 0.1) is 0 Å². The van der Waals surface area contributed by atoms with E-state index in [1.54, 1.807) is 14.2 Å². The van der Waals surface area contributed by atoms with E-state index < -0.39 is 0 Å². The number of ether oxygens (including phenoxy) is 3. The number of hydrogen-bond acceptors (Lipinski definition) is 4. The topological polar surface area (TPSA) is 39.7 Å². The standard InChI is InChI=1S/C15H23NO3/c1-16-11-5-4-6-12(7-11)19-15-9-13(17-2)8-14(10-15)18-3/h8-12,16H,4-7H2,1-3H3. The SMILES string of the molecule is CNC1CCCC(Oc2cc(OC)cc(OC)c2)C1. The van der Waals surface area contributed by atoms with Crippen molar-refractivity contribution in [2.24, 2.45) is 0 Å². The van der Waals surface area contributed by atoms with Crippen LogP contribution >= 0.6 is 0 Å². The van der Waals surface area contributed by atoms with Crippen LogP contribution in [0.4, 0.5) is 0 Å². The Morgan fingerprint density at radius 1 is 1.00 bits per heavy atom. The minimum atomic E-state index is 0.267. The molecule has 1 aliphatic rings. The summed E-state index contributed by atoms with van der Waals surface area (Å²) in [5.74, 6) is 2.34. The molecule has 19 heavy (non-hydrogen) atoms. The van der Waals surface area contributed by atoms with Crippen molar-refractivity contribution in [3.8, 4) is 17.2 Å². The molecule has 0 spiro atoms. The van der Waals surface area contributed by atoms with Crippen LogP contribution in [0.5, 0.6) is 17.2 Å². The van der Waals surface area contributed by atoms with Crippen LogP contribution in [0.2, 0.25) is 0 Å². The van der Waals surface area contributed by atoms with Gasteiger partial charge in [-0.3, -0.25) is 0 Å². The van der Waals surface area contributed by atoms with E-state index in [2.05, 4.69) is 5.32 Å². The summed E-state index contributed by atoms with van der Waals surface area (Å²) in [5.41, 5.74) is 0. The summed E-state index contributed by atoms with van der Waals surface area (Å²) >= 11 is 0. The molecule has 2 rings (SSSR count). The largest absolute Gasteiger partial charge is 0.496 e. The zero-order valence-electron chi connectivity index (χ0n) is 11.9. The number of nitrogens with one attached hydrogen (secondary N) is 1. The zero-order valence-corrected chi connectivity index (χ0v) is 11.9. The average Bonchev–Trinajstić information content (AvgIpc) is 2.47. The maximum atomic E-state index is 6.07. The van der Waals surface area contributed by atoms with Gasteiger partial charge in [0.1, 0.15) is 23.4 Å². The van der Waals surface area contributed by atoms with Gasteiger partial charge in [-0.25, -0.2) is 0 Å². The molecule has 0 amide bonds. The van der Waals surface area contributed by atoms with Gasteiger partial charge in [-0.15, -0.1) is 0 Å². The van der Waals surface area contributed by atoms with Crippen LogP contribution in [0.1, 0.15) is 25.7 Å². The fourth-order valence-electron chi connectivity index (χ4n) is 2.56. The molecule has 106 valence electrons. The molecule has 4 nitrogen and oxygen atoms in total. The van der Waals surface area contributed by atoms with E-state index in [1.807, 2.05) is 25.2 Å². The van der Waals surface area contributed by atoms with Gasteiger partial charge in [0.25, 0.3) is 0 Å². The lowest BCUT2D eigenvalue weighted by Gasteiger charge is -2.29. The van der Waals surface area contributed by atoms with E-state index in [0.717, 1.165) is 30.1 Å². The summed E-state index contributed by atoms with van der Waals surface area (Å²) in [6, 6.07) is 6.23. The first-order valence-corrected chi connectivity index (χ1v) is 6.82. The second kappa shape index (κ2) is 6.66. The summed E-state index contributed by atoms with van der Waals surface area (Å²) in [5, 5.41) is 3.34. The van der Waals surface area contributed by atoms with Crippen molar-refractivity contribution >= 4 is 0 Å². The van der Waals surface area contributed by atoms with E-state index in [-0.39, 0.29) is 6.10 Å². The number of rotatable bonds is 5. The average molecular weight is 265 g/mol. The highest BCUT2D eigenvalue weighted by Crippen LogP contribution is 2.30. The first-order chi connectivity index (χ1) is 9.25. The lowest BCUT2D eigenvalue weighted by Crippen LogP contribution is -2.36. The monoisotopic (exact) mass is 265 g/mol. The third-order valence-electron chi connectivity index (χ3n) is 3.66. The smallest absolute Gasteiger partial charge is 0.127 e. The first kappa shape index (κ1) is 14.0. The highest BCUT2D eigenvalue weighted by atomic mass is 16.5. The molecular weight excluding hydrogens is 242 g/mol. The molecular formula is C15H23NO3. The Kier molecular flexibility index (Phi) is 4.91. The van der Waals surface area contributed by atoms with Crippen molar-refractivity contribution < 1.29 is 14.2 Å². The van der Waals surface area contributed by atoms with Gasteiger partial charge in [-0.1, -0.05) is 0 Å². The molecule has 0 radical (unpaired) electrons. The summed E-state index contributed by atoms with van der Waals surface area (Å²) in [7, 11) is 5.31. The predicted octanol–water partition coefficient (Wildman–Crippen LogP) is 2.61.